The lowest BCUT2D eigenvalue weighted by atomic mass is 10.2. The van der Waals surface area contributed by atoms with E-state index in [1.807, 2.05) is 13.8 Å². The molecular formula is C17H14N4O4S3. The van der Waals surface area contributed by atoms with Crippen LogP contribution in [0.1, 0.15) is 26.4 Å². The molecule has 0 radical (unpaired) electrons. The van der Waals surface area contributed by atoms with Gasteiger partial charge in [0, 0.05) is 10.9 Å². The normalized spacial score (nSPS) is 10.8. The number of rotatable bonds is 5. The molecule has 3 aromatic heterocycles. The van der Waals surface area contributed by atoms with Gasteiger partial charge in [0.2, 0.25) is 5.91 Å². The third kappa shape index (κ3) is 3.62. The molecule has 0 aliphatic heterocycles. The number of aromatic nitrogens is 1. The number of hydrogen-bond acceptors (Lipinski definition) is 8. The van der Waals surface area contributed by atoms with E-state index in [0.29, 0.717) is 19.5 Å². The number of fused-ring (bicyclic) bond motifs is 1. The van der Waals surface area contributed by atoms with Crippen LogP contribution in [0.5, 0.6) is 5.75 Å². The van der Waals surface area contributed by atoms with E-state index in [-0.39, 0.29) is 28.5 Å². The molecule has 0 atom stereocenters. The van der Waals surface area contributed by atoms with Crippen molar-refractivity contribution in [2.24, 2.45) is 5.73 Å². The number of amides is 2. The maximum atomic E-state index is 12.3. The first-order valence-electron chi connectivity index (χ1n) is 7.84. The Hall–Kier alpha value is -2.81. The topological polar surface area (TPSA) is 149 Å². The van der Waals surface area contributed by atoms with E-state index in [2.05, 4.69) is 16.4 Å². The van der Waals surface area contributed by atoms with Gasteiger partial charge in [-0.1, -0.05) is 0 Å². The van der Waals surface area contributed by atoms with E-state index < -0.39 is 11.5 Å². The number of primary amides is 1. The van der Waals surface area contributed by atoms with Crippen LogP contribution < -0.4 is 16.6 Å². The van der Waals surface area contributed by atoms with Gasteiger partial charge in [-0.25, -0.2) is 0 Å². The number of thioether (sulfide) groups is 1. The molecule has 0 fully saturated rings. The van der Waals surface area contributed by atoms with Crippen LogP contribution in [0.4, 0.5) is 5.00 Å². The zero-order chi connectivity index (χ0) is 20.6. The number of nitriles is 1. The third-order valence-electron chi connectivity index (χ3n) is 3.96. The summed E-state index contributed by atoms with van der Waals surface area (Å²) in [5.41, 5.74) is 6.34. The monoisotopic (exact) mass is 434 g/mol. The van der Waals surface area contributed by atoms with Crippen LogP contribution in [0.15, 0.2) is 15.1 Å². The smallest absolute Gasteiger partial charge is 0.252 e. The zero-order valence-electron chi connectivity index (χ0n) is 14.7. The van der Waals surface area contributed by atoms with Crippen LogP contribution in [-0.2, 0) is 4.79 Å². The predicted octanol–water partition coefficient (Wildman–Crippen LogP) is 2.67. The van der Waals surface area contributed by atoms with Gasteiger partial charge in [0.05, 0.1) is 31.3 Å². The van der Waals surface area contributed by atoms with Crippen LogP contribution in [0, 0.1) is 25.2 Å². The van der Waals surface area contributed by atoms with Crippen molar-refractivity contribution >= 4 is 61.5 Å². The highest BCUT2D eigenvalue weighted by Crippen LogP contribution is 2.40. The van der Waals surface area contributed by atoms with Crippen LogP contribution in [0.25, 0.3) is 10.2 Å². The fraction of sp³-hybridized carbons (Fsp3) is 0.176. The first-order chi connectivity index (χ1) is 13.2. The lowest BCUT2D eigenvalue weighted by molar-refractivity contribution is -0.113. The van der Waals surface area contributed by atoms with Crippen molar-refractivity contribution in [3.8, 4) is 11.8 Å². The van der Waals surface area contributed by atoms with Crippen LogP contribution in [0.3, 0.4) is 0 Å². The first kappa shape index (κ1) is 19.9. The Balaban J connectivity index is 1.85. The maximum Gasteiger partial charge on any atom is 0.252 e. The van der Waals surface area contributed by atoms with E-state index in [1.54, 1.807) is 0 Å². The Morgan fingerprint density at radius 2 is 2.11 bits per heavy atom. The van der Waals surface area contributed by atoms with E-state index in [9.17, 15) is 24.8 Å². The molecule has 0 aliphatic carbocycles. The molecule has 0 aliphatic rings. The van der Waals surface area contributed by atoms with Gasteiger partial charge in [-0.2, -0.15) is 5.26 Å². The molecule has 28 heavy (non-hydrogen) atoms. The molecule has 0 bridgehead atoms. The van der Waals surface area contributed by atoms with E-state index >= 15 is 0 Å². The second kappa shape index (κ2) is 7.67. The average molecular weight is 435 g/mol. The molecule has 3 heterocycles. The molecule has 11 heteroatoms. The molecule has 8 nitrogen and oxygen atoms in total. The van der Waals surface area contributed by atoms with Gasteiger partial charge in [0.15, 0.2) is 0 Å². The number of pyridine rings is 1. The highest BCUT2D eigenvalue weighted by Gasteiger charge is 2.22. The summed E-state index contributed by atoms with van der Waals surface area (Å²) >= 11 is 3.45. The van der Waals surface area contributed by atoms with Crippen LogP contribution in [-0.4, -0.2) is 27.7 Å². The lowest BCUT2D eigenvalue weighted by Gasteiger charge is -2.03. The van der Waals surface area contributed by atoms with Gasteiger partial charge in [-0.05, 0) is 19.4 Å². The lowest BCUT2D eigenvalue weighted by Crippen LogP contribution is -2.15. The fourth-order valence-electron chi connectivity index (χ4n) is 2.53. The number of aromatic amines is 1. The molecule has 0 aromatic carbocycles. The summed E-state index contributed by atoms with van der Waals surface area (Å²) in [6.07, 6.45) is 0. The van der Waals surface area contributed by atoms with Crippen molar-refractivity contribution < 1.29 is 14.7 Å². The summed E-state index contributed by atoms with van der Waals surface area (Å²) in [4.78, 5) is 39.2. The summed E-state index contributed by atoms with van der Waals surface area (Å²) in [5, 5.41) is 22.4. The molecule has 0 saturated heterocycles. The summed E-state index contributed by atoms with van der Waals surface area (Å²) in [7, 11) is 0. The quantitative estimate of drug-likeness (QED) is 0.454. The minimum atomic E-state index is -0.772. The second-order valence-electron chi connectivity index (χ2n) is 5.79. The van der Waals surface area contributed by atoms with E-state index in [1.165, 1.54) is 11.3 Å². The van der Waals surface area contributed by atoms with E-state index in [4.69, 9.17) is 5.73 Å². The standard InChI is InChI=1S/C17H14N4O4S3/c1-6-7(2)27-16(8(6)4-18)21-11(24)5-26-17-12(15(19)25)13-14(28-17)9(22)3-10(23)20-13/h3H,5H2,1-2H3,(H2,19,25)(H,21,24)(H2,20,22,23). The van der Waals surface area contributed by atoms with Crippen molar-refractivity contribution in [3.05, 3.63) is 38.0 Å². The van der Waals surface area contributed by atoms with Crippen molar-refractivity contribution in [1.82, 2.24) is 4.98 Å². The number of carbonyl (C=O) groups is 2. The summed E-state index contributed by atoms with van der Waals surface area (Å²) in [6.45, 7) is 3.69. The molecule has 0 saturated carbocycles. The number of aromatic hydroxyl groups is 1. The maximum absolute atomic E-state index is 12.3. The van der Waals surface area contributed by atoms with E-state index in [0.717, 1.165) is 39.6 Å². The number of H-pyrrole nitrogens is 1. The molecule has 0 spiro atoms. The molecule has 3 aromatic rings. The number of hydrogen-bond donors (Lipinski definition) is 4. The Kier molecular flexibility index (Phi) is 5.46. The van der Waals surface area contributed by atoms with Gasteiger partial charge >= 0.3 is 0 Å². The van der Waals surface area contributed by atoms with Crippen molar-refractivity contribution in [2.45, 2.75) is 18.1 Å². The number of nitrogens with one attached hydrogen (secondary N) is 2. The molecule has 5 N–H and O–H groups in total. The summed E-state index contributed by atoms with van der Waals surface area (Å²) < 4.78 is 0.724. The average Bonchev–Trinajstić information content (AvgIpc) is 3.10. The number of thiophene rings is 2. The Bertz CT molecular complexity index is 1220. The zero-order valence-corrected chi connectivity index (χ0v) is 17.2. The van der Waals surface area contributed by atoms with Crippen molar-refractivity contribution in [2.75, 3.05) is 11.1 Å². The van der Waals surface area contributed by atoms with Gasteiger partial charge in [0.1, 0.15) is 16.8 Å². The summed E-state index contributed by atoms with van der Waals surface area (Å²) in [5.74, 6) is -1.43. The number of aryl methyl sites for hydroxylation is 1. The van der Waals surface area contributed by atoms with Gasteiger partial charge in [0.25, 0.3) is 11.5 Å². The number of nitrogens with zero attached hydrogens (tertiary/aromatic N) is 1. The molecule has 0 unspecified atom stereocenters. The number of anilines is 1. The predicted molar refractivity (Wildman–Crippen MR) is 110 cm³/mol. The minimum Gasteiger partial charge on any atom is -0.506 e. The Morgan fingerprint density at radius 3 is 2.75 bits per heavy atom. The summed E-state index contributed by atoms with van der Waals surface area (Å²) in [6, 6.07) is 3.09. The fourth-order valence-corrected chi connectivity index (χ4v) is 5.81. The Morgan fingerprint density at radius 1 is 1.39 bits per heavy atom. The Labute approximate surface area is 171 Å². The van der Waals surface area contributed by atoms with Crippen LogP contribution >= 0.6 is 34.4 Å². The minimum absolute atomic E-state index is 0.0427. The molecule has 2 amide bonds. The van der Waals surface area contributed by atoms with Crippen molar-refractivity contribution in [1.29, 1.82) is 5.26 Å². The number of nitrogens with two attached hydrogens (primary N) is 1. The number of carbonyl (C=O) groups excluding carboxylic acids is 2. The highest BCUT2D eigenvalue weighted by atomic mass is 32.2. The first-order valence-corrected chi connectivity index (χ1v) is 10.5. The van der Waals surface area contributed by atoms with Crippen molar-refractivity contribution in [3.63, 3.8) is 0 Å². The SMILES string of the molecule is Cc1sc(NC(=O)CSc2sc3c(O)cc(=O)[nH]c3c2C(N)=O)c(C#N)c1C. The van der Waals surface area contributed by atoms with Gasteiger partial charge in [-0.15, -0.1) is 34.4 Å². The van der Waals surface area contributed by atoms with Crippen LogP contribution in [0.2, 0.25) is 0 Å². The molecule has 3 rings (SSSR count). The molecule has 144 valence electrons. The second-order valence-corrected chi connectivity index (χ2v) is 9.28. The third-order valence-corrected chi connectivity index (χ3v) is 7.56. The van der Waals surface area contributed by atoms with Gasteiger partial charge < -0.3 is 21.1 Å². The van der Waals surface area contributed by atoms with Gasteiger partial charge in [-0.3, -0.25) is 14.4 Å². The highest BCUT2D eigenvalue weighted by molar-refractivity contribution is 8.02. The largest absolute Gasteiger partial charge is 0.506 e. The molecular weight excluding hydrogens is 420 g/mol.